The molecular weight excluding hydrogens is 252 g/mol. The third-order valence-electron chi connectivity index (χ3n) is 3.37. The summed E-state index contributed by atoms with van der Waals surface area (Å²) in [5.74, 6) is 1.95. The van der Waals surface area contributed by atoms with Crippen LogP contribution in [0.2, 0.25) is 0 Å². The molecule has 0 unspecified atom stereocenters. The molecule has 0 fully saturated rings. The van der Waals surface area contributed by atoms with Crippen LogP contribution in [0, 0.1) is 0 Å². The van der Waals surface area contributed by atoms with Gasteiger partial charge in [-0.2, -0.15) is 0 Å². The van der Waals surface area contributed by atoms with E-state index in [9.17, 15) is 5.11 Å². The Balaban J connectivity index is 2.54. The first-order valence-electron chi connectivity index (χ1n) is 6.62. The van der Waals surface area contributed by atoms with E-state index in [0.717, 1.165) is 16.7 Å². The number of rotatable bonds is 4. The quantitative estimate of drug-likeness (QED) is 0.906. The average Bonchev–Trinajstić information content (AvgIpc) is 2.45. The number of hydrogen-bond donors (Lipinski definition) is 1. The summed E-state index contributed by atoms with van der Waals surface area (Å²) in [6.07, 6.45) is 0. The third-order valence-corrected chi connectivity index (χ3v) is 3.37. The topological polar surface area (TPSA) is 38.7 Å². The van der Waals surface area contributed by atoms with Crippen LogP contribution in [0.4, 0.5) is 0 Å². The lowest BCUT2D eigenvalue weighted by molar-refractivity contribution is 0.356. The summed E-state index contributed by atoms with van der Waals surface area (Å²) >= 11 is 0. The molecule has 0 aromatic heterocycles. The molecule has 0 bridgehead atoms. The maximum atomic E-state index is 10.1. The highest BCUT2D eigenvalue weighted by Crippen LogP contribution is 2.39. The number of aromatic hydroxyl groups is 1. The smallest absolute Gasteiger partial charge is 0.168 e. The van der Waals surface area contributed by atoms with E-state index in [1.54, 1.807) is 20.3 Å². The number of methoxy groups -OCH3 is 2. The Hall–Kier alpha value is -2.16. The van der Waals surface area contributed by atoms with Gasteiger partial charge in [-0.05, 0) is 29.2 Å². The molecule has 20 heavy (non-hydrogen) atoms. The molecule has 0 amide bonds. The maximum Gasteiger partial charge on any atom is 0.168 e. The van der Waals surface area contributed by atoms with Gasteiger partial charge in [0, 0.05) is 5.56 Å². The van der Waals surface area contributed by atoms with Crippen molar-refractivity contribution in [2.24, 2.45) is 0 Å². The Bertz CT molecular complexity index is 603. The molecule has 0 heterocycles. The van der Waals surface area contributed by atoms with E-state index in [0.29, 0.717) is 17.2 Å². The fourth-order valence-electron chi connectivity index (χ4n) is 2.31. The van der Waals surface area contributed by atoms with Gasteiger partial charge in [0.05, 0.1) is 14.2 Å². The first-order chi connectivity index (χ1) is 9.58. The molecule has 106 valence electrons. The standard InChI is InChI=1S/C17H20O3/c1-11(2)13-9-8-12(10-15(13)18)14-6-5-7-16(19-3)17(14)20-4/h5-11,18H,1-4H3. The van der Waals surface area contributed by atoms with E-state index in [2.05, 4.69) is 13.8 Å². The molecule has 3 heteroatoms. The van der Waals surface area contributed by atoms with Crippen molar-refractivity contribution < 1.29 is 14.6 Å². The van der Waals surface area contributed by atoms with Crippen LogP contribution >= 0.6 is 0 Å². The summed E-state index contributed by atoms with van der Waals surface area (Å²) in [5, 5.41) is 10.1. The van der Waals surface area contributed by atoms with Crippen molar-refractivity contribution >= 4 is 0 Å². The number of phenolic OH excluding ortho intramolecular Hbond substituents is 1. The summed E-state index contributed by atoms with van der Waals surface area (Å²) in [6.45, 7) is 4.11. The van der Waals surface area contributed by atoms with Crippen LogP contribution in [0.3, 0.4) is 0 Å². The Kier molecular flexibility index (Phi) is 4.18. The molecule has 0 saturated carbocycles. The van der Waals surface area contributed by atoms with Crippen molar-refractivity contribution in [1.29, 1.82) is 0 Å². The highest BCUT2D eigenvalue weighted by atomic mass is 16.5. The van der Waals surface area contributed by atoms with Crippen LogP contribution in [0.1, 0.15) is 25.3 Å². The fourth-order valence-corrected chi connectivity index (χ4v) is 2.31. The lowest BCUT2D eigenvalue weighted by Gasteiger charge is -2.14. The van der Waals surface area contributed by atoms with Gasteiger partial charge in [0.2, 0.25) is 0 Å². The van der Waals surface area contributed by atoms with Gasteiger partial charge in [0.15, 0.2) is 11.5 Å². The Morgan fingerprint density at radius 1 is 1.00 bits per heavy atom. The minimum Gasteiger partial charge on any atom is -0.508 e. The molecule has 0 aliphatic carbocycles. The van der Waals surface area contributed by atoms with E-state index in [1.807, 2.05) is 30.3 Å². The Labute approximate surface area is 119 Å². The average molecular weight is 272 g/mol. The summed E-state index contributed by atoms with van der Waals surface area (Å²) in [7, 11) is 3.23. The summed E-state index contributed by atoms with van der Waals surface area (Å²) < 4.78 is 10.7. The summed E-state index contributed by atoms with van der Waals surface area (Å²) in [6, 6.07) is 11.4. The number of phenols is 1. The van der Waals surface area contributed by atoms with Gasteiger partial charge in [-0.1, -0.05) is 38.1 Å². The normalized spacial score (nSPS) is 10.7. The number of benzene rings is 2. The molecule has 0 radical (unpaired) electrons. The minimum absolute atomic E-state index is 0.288. The van der Waals surface area contributed by atoms with Gasteiger partial charge in [0.1, 0.15) is 5.75 Å². The lowest BCUT2D eigenvalue weighted by Crippen LogP contribution is -1.94. The molecule has 0 saturated heterocycles. The van der Waals surface area contributed by atoms with E-state index in [1.165, 1.54) is 0 Å². The zero-order valence-corrected chi connectivity index (χ0v) is 12.3. The molecule has 1 N–H and O–H groups in total. The van der Waals surface area contributed by atoms with Gasteiger partial charge in [-0.15, -0.1) is 0 Å². The molecule has 2 aromatic carbocycles. The van der Waals surface area contributed by atoms with E-state index in [-0.39, 0.29) is 5.92 Å². The van der Waals surface area contributed by atoms with Gasteiger partial charge < -0.3 is 14.6 Å². The Morgan fingerprint density at radius 3 is 2.30 bits per heavy atom. The highest BCUT2D eigenvalue weighted by molar-refractivity contribution is 5.75. The van der Waals surface area contributed by atoms with E-state index >= 15 is 0 Å². The monoisotopic (exact) mass is 272 g/mol. The van der Waals surface area contributed by atoms with Crippen LogP contribution in [0.25, 0.3) is 11.1 Å². The van der Waals surface area contributed by atoms with Crippen molar-refractivity contribution in [3.8, 4) is 28.4 Å². The number of para-hydroxylation sites is 1. The molecule has 0 aliphatic rings. The number of ether oxygens (including phenoxy) is 2. The first-order valence-corrected chi connectivity index (χ1v) is 6.62. The predicted molar refractivity (Wildman–Crippen MR) is 80.7 cm³/mol. The predicted octanol–water partition coefficient (Wildman–Crippen LogP) is 4.20. The van der Waals surface area contributed by atoms with Crippen LogP contribution in [-0.2, 0) is 0 Å². The molecule has 0 atom stereocenters. The minimum atomic E-state index is 0.288. The van der Waals surface area contributed by atoms with E-state index < -0.39 is 0 Å². The van der Waals surface area contributed by atoms with Gasteiger partial charge in [-0.3, -0.25) is 0 Å². The van der Waals surface area contributed by atoms with Crippen LogP contribution in [0.5, 0.6) is 17.2 Å². The first kappa shape index (κ1) is 14.3. The molecule has 2 aromatic rings. The van der Waals surface area contributed by atoms with Gasteiger partial charge in [-0.25, -0.2) is 0 Å². The van der Waals surface area contributed by atoms with Crippen molar-refractivity contribution in [2.75, 3.05) is 14.2 Å². The number of hydrogen-bond acceptors (Lipinski definition) is 3. The maximum absolute atomic E-state index is 10.1. The third kappa shape index (κ3) is 2.57. The molecular formula is C17H20O3. The SMILES string of the molecule is COc1cccc(-c2ccc(C(C)C)c(O)c2)c1OC. The summed E-state index contributed by atoms with van der Waals surface area (Å²) in [4.78, 5) is 0. The van der Waals surface area contributed by atoms with Crippen molar-refractivity contribution in [3.05, 3.63) is 42.0 Å². The second kappa shape index (κ2) is 5.87. The van der Waals surface area contributed by atoms with Crippen LogP contribution in [0.15, 0.2) is 36.4 Å². The summed E-state index contributed by atoms with van der Waals surface area (Å²) in [5.41, 5.74) is 2.75. The van der Waals surface area contributed by atoms with Gasteiger partial charge in [0.25, 0.3) is 0 Å². The fraction of sp³-hybridized carbons (Fsp3) is 0.294. The molecule has 0 spiro atoms. The highest BCUT2D eigenvalue weighted by Gasteiger charge is 2.13. The zero-order chi connectivity index (χ0) is 14.7. The van der Waals surface area contributed by atoms with Crippen molar-refractivity contribution in [1.82, 2.24) is 0 Å². The van der Waals surface area contributed by atoms with Gasteiger partial charge >= 0.3 is 0 Å². The van der Waals surface area contributed by atoms with E-state index in [4.69, 9.17) is 9.47 Å². The Morgan fingerprint density at radius 2 is 1.75 bits per heavy atom. The zero-order valence-electron chi connectivity index (χ0n) is 12.3. The molecule has 0 aliphatic heterocycles. The van der Waals surface area contributed by atoms with Crippen LogP contribution in [-0.4, -0.2) is 19.3 Å². The lowest BCUT2D eigenvalue weighted by atomic mass is 9.97. The van der Waals surface area contributed by atoms with Crippen molar-refractivity contribution in [2.45, 2.75) is 19.8 Å². The largest absolute Gasteiger partial charge is 0.508 e. The van der Waals surface area contributed by atoms with Crippen molar-refractivity contribution in [3.63, 3.8) is 0 Å². The molecule has 2 rings (SSSR count). The second-order valence-corrected chi connectivity index (χ2v) is 4.97. The van der Waals surface area contributed by atoms with Crippen LogP contribution < -0.4 is 9.47 Å². The second-order valence-electron chi connectivity index (χ2n) is 4.97. The molecule has 3 nitrogen and oxygen atoms in total.